The van der Waals surface area contributed by atoms with Gasteiger partial charge < -0.3 is 96.0 Å². The van der Waals surface area contributed by atoms with Crippen molar-refractivity contribution in [3.05, 3.63) is 118 Å². The lowest BCUT2D eigenvalue weighted by Gasteiger charge is -2.34. The molecule has 0 bridgehead atoms. The van der Waals surface area contributed by atoms with Crippen LogP contribution in [-0.2, 0) is 43.8 Å². The number of hydrogen-bond donors (Lipinski definition) is 15. The largest absolute Gasteiger partial charge is 0.396 e. The summed E-state index contributed by atoms with van der Waals surface area (Å²) in [5.41, 5.74) is 6.91. The Balaban J connectivity index is -0.000000123. The standard InChI is InChI=1S/C10H14O.2C9H12O.C7H15NO.2C7H16O.C6H14O.C6H12O.C5H11NO.C5H12O2.C5H12O.C4H11NO.2C4H10O.C3H8O/c1-2-5-9-6-3-4-7-10(9)8-11;1-2-8-4-3-5-9(6-8)7-10;1-2-8-5-3-4-6-9(8)7-10;1-8-4-2-7(6-9)3-5-8;1-6(2)4-7(3)5-8;1-2-3-4-5-6-7-8;2*1-2-3-4-5-6-7;1-6-2-5(3-6)4-7;1-2-4-7-5-3-6;1-2-3-4-5-6;1-5(2)3-4-6;1-4(2)3-5;1-2-3-4-5;1-2-3-4/h3-4,6-7,11H,2,5,8H2,1H3;2*3-6,10H,2,7H2,1H3;7,9H,2-6H2,1H3;6-8H,4-5H2,1-3H3;8H,2-7H2,1H3;7H,2-6H2,1H3;4-5,7H,2-3,6H2,1H3;5,7H,2-4H2,1H3;6H,2-5H2,1H3;6H,2-5H2,1H3;6H,3-4H2,1-2H3;4-5H,3H2,1-2H3;5H,2-4H2,1H3;4H,2-3H2,1H3/b;;;;;;;5-4+;;;;;;;/t;;;;7-;;;;;;;;;;/m....0........../s1. The van der Waals surface area contributed by atoms with Crippen molar-refractivity contribution >= 4 is 0 Å². The SMILES string of the molecule is CC(C)CO.CC(C)C[C@H](C)CO.CCC/C=C/CO.CCCCCCCO.CCCCCCO.CCCCCO.CCCCO.CCCO.CCCOCCO.CCCc1ccccc1CO.CCc1cccc(CO)c1.CCc1ccccc1CO.CN(C)CCO.CN1CC(CO)C1.CN1CCC(CO)CC1. The Morgan fingerprint density at radius 3 is 1.15 bits per heavy atom. The molecule has 0 spiro atoms. The fraction of sp³-hybridized carbons (Fsp3) is 0.780. The van der Waals surface area contributed by atoms with Crippen molar-refractivity contribution in [2.24, 2.45) is 29.6 Å². The zero-order valence-electron chi connectivity index (χ0n) is 74.7. The Morgan fingerprint density at radius 1 is 0.409 bits per heavy atom. The molecular weight excluding hydrogens is 1390 g/mol. The van der Waals surface area contributed by atoms with E-state index in [9.17, 15) is 0 Å². The van der Waals surface area contributed by atoms with Gasteiger partial charge in [0.1, 0.15) is 0 Å². The normalized spacial score (nSPS) is 12.2. The summed E-state index contributed by atoms with van der Waals surface area (Å²) in [5.74, 6) is 2.80. The van der Waals surface area contributed by atoms with Crippen LogP contribution < -0.4 is 0 Å². The molecule has 660 valence electrons. The maximum atomic E-state index is 8.95. The van der Waals surface area contributed by atoms with E-state index in [1.807, 2.05) is 113 Å². The highest BCUT2D eigenvalue weighted by Gasteiger charge is 2.21. The van der Waals surface area contributed by atoms with Crippen molar-refractivity contribution in [3.63, 3.8) is 0 Å². The predicted molar refractivity (Wildman–Crippen MR) is 471 cm³/mol. The lowest BCUT2D eigenvalue weighted by atomic mass is 9.98. The Morgan fingerprint density at radius 2 is 0.855 bits per heavy atom. The number of nitrogens with zero attached hydrogens (tertiary/aromatic N) is 3. The molecule has 5 rings (SSSR count). The van der Waals surface area contributed by atoms with E-state index in [0.717, 1.165) is 158 Å². The van der Waals surface area contributed by atoms with E-state index < -0.39 is 0 Å². The highest BCUT2D eigenvalue weighted by molar-refractivity contribution is 5.27. The van der Waals surface area contributed by atoms with Crippen molar-refractivity contribution < 1.29 is 81.3 Å². The molecule has 0 aliphatic carbocycles. The summed E-state index contributed by atoms with van der Waals surface area (Å²) in [6.07, 6.45) is 31.7. The van der Waals surface area contributed by atoms with Crippen LogP contribution in [0.4, 0.5) is 0 Å². The van der Waals surface area contributed by atoms with Crippen LogP contribution in [-0.4, -0.2) is 245 Å². The number of aryl methyl sites for hydroxylation is 3. The van der Waals surface area contributed by atoms with Gasteiger partial charge in [-0.2, -0.15) is 0 Å². The summed E-state index contributed by atoms with van der Waals surface area (Å²) in [6, 6.07) is 24.0. The minimum Gasteiger partial charge on any atom is -0.396 e. The van der Waals surface area contributed by atoms with Crippen LogP contribution in [0.15, 0.2) is 84.9 Å². The summed E-state index contributed by atoms with van der Waals surface area (Å²) in [4.78, 5) is 6.44. The topological polar surface area (TPSA) is 322 Å². The second kappa shape index (κ2) is 114. The van der Waals surface area contributed by atoms with Crippen molar-refractivity contribution in [2.75, 3.05) is 153 Å². The Labute approximate surface area is 678 Å². The molecule has 2 aliphatic heterocycles. The maximum Gasteiger partial charge on any atom is 0.0697 e. The van der Waals surface area contributed by atoms with E-state index in [1.54, 1.807) is 6.08 Å². The Hall–Kier alpha value is -3.36. The zero-order valence-corrected chi connectivity index (χ0v) is 74.7. The molecule has 0 amide bonds. The number of piperidine rings is 1. The lowest BCUT2D eigenvalue weighted by molar-refractivity contribution is 0.0760. The monoisotopic (exact) mass is 1580 g/mol. The molecule has 110 heavy (non-hydrogen) atoms. The molecule has 3 aromatic carbocycles. The van der Waals surface area contributed by atoms with Crippen molar-refractivity contribution in [3.8, 4) is 0 Å². The Bertz CT molecular complexity index is 1970. The number of likely N-dealkylation sites (N-methyl/N-ethyl adjacent to an activating group) is 1. The first-order valence-corrected chi connectivity index (χ1v) is 42.5. The number of aliphatic hydroxyl groups is 15. The van der Waals surface area contributed by atoms with Crippen LogP contribution in [0.1, 0.15) is 278 Å². The van der Waals surface area contributed by atoms with E-state index >= 15 is 0 Å². The Kier molecular flexibility index (Phi) is 132. The number of ether oxygens (including phenoxy) is 1. The highest BCUT2D eigenvalue weighted by atomic mass is 16.5. The summed E-state index contributed by atoms with van der Waals surface area (Å²) in [5, 5.41) is 126. The van der Waals surface area contributed by atoms with E-state index in [4.69, 9.17) is 81.3 Å². The van der Waals surface area contributed by atoms with Gasteiger partial charge in [-0.3, -0.25) is 0 Å². The van der Waals surface area contributed by atoms with E-state index in [-0.39, 0.29) is 39.6 Å². The second-order valence-electron chi connectivity index (χ2n) is 28.4. The molecular formula is C91H185N3O16. The first kappa shape index (κ1) is 127. The van der Waals surface area contributed by atoms with Crippen molar-refractivity contribution in [1.29, 1.82) is 0 Å². The highest BCUT2D eigenvalue weighted by Crippen LogP contribution is 2.15. The molecule has 15 N–H and O–H groups in total. The first-order valence-electron chi connectivity index (χ1n) is 42.5. The smallest absolute Gasteiger partial charge is 0.0697 e. The number of aliphatic hydroxyl groups excluding tert-OH is 15. The van der Waals surface area contributed by atoms with Gasteiger partial charge in [0, 0.05) is 91.6 Å². The lowest BCUT2D eigenvalue weighted by Crippen LogP contribution is -2.45. The fourth-order valence-corrected chi connectivity index (χ4v) is 8.94. The van der Waals surface area contributed by atoms with Crippen LogP contribution in [0.3, 0.4) is 0 Å². The second-order valence-corrected chi connectivity index (χ2v) is 28.4. The van der Waals surface area contributed by atoms with Crippen molar-refractivity contribution in [1.82, 2.24) is 14.7 Å². The molecule has 0 radical (unpaired) electrons. The average molecular weight is 1580 g/mol. The summed E-state index contributed by atoms with van der Waals surface area (Å²) in [6.45, 7) is 42.0. The van der Waals surface area contributed by atoms with Gasteiger partial charge in [0.15, 0.2) is 0 Å². The van der Waals surface area contributed by atoms with Crippen LogP contribution in [0.2, 0.25) is 0 Å². The van der Waals surface area contributed by atoms with Crippen LogP contribution >= 0.6 is 0 Å². The molecule has 2 saturated heterocycles. The maximum absolute atomic E-state index is 8.95. The number of unbranched alkanes of at least 4 members (excludes halogenated alkanes) is 11. The van der Waals surface area contributed by atoms with Gasteiger partial charge in [-0.15, -0.1) is 0 Å². The van der Waals surface area contributed by atoms with Gasteiger partial charge in [0.25, 0.3) is 0 Å². The van der Waals surface area contributed by atoms with Gasteiger partial charge in [0.2, 0.25) is 0 Å². The van der Waals surface area contributed by atoms with Gasteiger partial charge >= 0.3 is 0 Å². The van der Waals surface area contributed by atoms with Crippen LogP contribution in [0.25, 0.3) is 0 Å². The van der Waals surface area contributed by atoms with Crippen LogP contribution in [0, 0.1) is 29.6 Å². The third-order valence-electron chi connectivity index (χ3n) is 15.7. The molecule has 3 aromatic rings. The van der Waals surface area contributed by atoms with E-state index in [2.05, 4.69) is 112 Å². The number of benzene rings is 3. The van der Waals surface area contributed by atoms with Crippen LogP contribution in [0.5, 0.6) is 0 Å². The van der Waals surface area contributed by atoms with E-state index in [0.29, 0.717) is 89.7 Å². The molecule has 1 atom stereocenters. The summed E-state index contributed by atoms with van der Waals surface area (Å²) >= 11 is 0. The van der Waals surface area contributed by atoms with Gasteiger partial charge in [-0.1, -0.05) is 266 Å². The summed E-state index contributed by atoms with van der Waals surface area (Å²) in [7, 11) is 8.05. The fourth-order valence-electron chi connectivity index (χ4n) is 8.94. The molecule has 2 fully saturated rings. The molecule has 19 heteroatoms. The minimum absolute atomic E-state index is 0.139. The van der Waals surface area contributed by atoms with Gasteiger partial charge in [0.05, 0.1) is 46.2 Å². The first-order chi connectivity index (χ1) is 52.9. The quantitative estimate of drug-likeness (QED) is 0.0188. The third-order valence-corrected chi connectivity index (χ3v) is 15.7. The molecule has 0 aromatic heterocycles. The van der Waals surface area contributed by atoms with Gasteiger partial charge in [-0.05, 0) is 182 Å². The van der Waals surface area contributed by atoms with Gasteiger partial charge in [-0.25, -0.2) is 0 Å². The summed E-state index contributed by atoms with van der Waals surface area (Å²) < 4.78 is 4.88. The van der Waals surface area contributed by atoms with E-state index in [1.165, 1.54) is 80.9 Å². The molecule has 0 unspecified atom stereocenters. The number of hydrogen-bond acceptors (Lipinski definition) is 19. The minimum atomic E-state index is 0.139. The number of likely N-dealkylation sites (tertiary alicyclic amines) is 2. The third kappa shape index (κ3) is 118. The zero-order chi connectivity index (χ0) is 85.9. The van der Waals surface area contributed by atoms with Crippen molar-refractivity contribution in [2.45, 2.75) is 284 Å². The average Bonchev–Trinajstić information content (AvgIpc) is 0.904. The number of allylic oxidation sites excluding steroid dienone is 1. The molecule has 2 aliphatic rings. The number of rotatable bonds is 37. The molecule has 0 saturated carbocycles. The predicted octanol–water partition coefficient (Wildman–Crippen LogP) is 14.9. The molecule has 19 nitrogen and oxygen atoms in total. The molecule has 2 heterocycles.